The van der Waals surface area contributed by atoms with Crippen molar-refractivity contribution in [1.29, 1.82) is 0 Å². The molecule has 2 heterocycles. The van der Waals surface area contributed by atoms with Gasteiger partial charge in [-0.1, -0.05) is 42.0 Å². The van der Waals surface area contributed by atoms with Crippen LogP contribution in [0.25, 0.3) is 5.76 Å². The molecule has 0 unspecified atom stereocenters. The minimum Gasteiger partial charge on any atom is -0.508 e. The van der Waals surface area contributed by atoms with Gasteiger partial charge in [0.15, 0.2) is 0 Å². The van der Waals surface area contributed by atoms with Gasteiger partial charge in [-0.15, -0.1) is 0 Å². The molecule has 2 fully saturated rings. The number of hydrogen-bond acceptors (Lipinski definition) is 6. The van der Waals surface area contributed by atoms with Crippen LogP contribution >= 0.6 is 0 Å². The van der Waals surface area contributed by atoms with Crippen molar-refractivity contribution in [2.45, 2.75) is 19.4 Å². The number of nitrogens with zero attached hydrogens (tertiary/aromatic N) is 2. The number of phenols is 1. The van der Waals surface area contributed by atoms with Crippen molar-refractivity contribution >= 4 is 17.4 Å². The number of benzene rings is 2. The van der Waals surface area contributed by atoms with Crippen molar-refractivity contribution < 1.29 is 24.5 Å². The van der Waals surface area contributed by atoms with Crippen LogP contribution in [0.4, 0.5) is 0 Å². The lowest BCUT2D eigenvalue weighted by Gasteiger charge is -2.29. The topological polar surface area (TPSA) is 90.3 Å². The number of morpholine rings is 1. The molecule has 7 nitrogen and oxygen atoms in total. The smallest absolute Gasteiger partial charge is 0.295 e. The van der Waals surface area contributed by atoms with Crippen LogP contribution in [-0.2, 0) is 14.3 Å². The number of amides is 1. The van der Waals surface area contributed by atoms with E-state index >= 15 is 0 Å². The minimum atomic E-state index is -0.756. The van der Waals surface area contributed by atoms with Crippen LogP contribution in [0.1, 0.15) is 29.2 Å². The number of ketones is 1. The summed E-state index contributed by atoms with van der Waals surface area (Å²) < 4.78 is 5.38. The van der Waals surface area contributed by atoms with Crippen molar-refractivity contribution in [3.05, 3.63) is 70.8 Å². The lowest BCUT2D eigenvalue weighted by atomic mass is 9.95. The molecule has 168 valence electrons. The molecule has 7 heteroatoms. The number of Topliss-reactive ketones (excluding diaryl/α,β-unsaturated/α-hetero) is 1. The average molecular weight is 437 g/mol. The highest BCUT2D eigenvalue weighted by Crippen LogP contribution is 2.40. The first-order valence-electron chi connectivity index (χ1n) is 10.9. The number of carbonyl (C=O) groups is 2. The zero-order valence-corrected chi connectivity index (χ0v) is 18.2. The van der Waals surface area contributed by atoms with Crippen LogP contribution in [0.15, 0.2) is 54.1 Å². The largest absolute Gasteiger partial charge is 0.508 e. The summed E-state index contributed by atoms with van der Waals surface area (Å²) in [6.07, 6.45) is 0.687. The zero-order valence-electron chi connectivity index (χ0n) is 18.2. The third-order valence-corrected chi connectivity index (χ3v) is 6.03. The van der Waals surface area contributed by atoms with Crippen LogP contribution in [0.3, 0.4) is 0 Å². The first-order valence-corrected chi connectivity index (χ1v) is 10.9. The lowest BCUT2D eigenvalue weighted by molar-refractivity contribution is -0.140. The fourth-order valence-electron chi connectivity index (χ4n) is 4.31. The molecular formula is C25H28N2O5. The van der Waals surface area contributed by atoms with E-state index in [9.17, 15) is 19.8 Å². The molecule has 0 radical (unpaired) electrons. The zero-order chi connectivity index (χ0) is 22.7. The minimum absolute atomic E-state index is 0.0386. The summed E-state index contributed by atoms with van der Waals surface area (Å²) in [5, 5.41) is 21.1. The van der Waals surface area contributed by atoms with E-state index in [2.05, 4.69) is 4.90 Å². The van der Waals surface area contributed by atoms with Gasteiger partial charge >= 0.3 is 0 Å². The van der Waals surface area contributed by atoms with Crippen molar-refractivity contribution in [1.82, 2.24) is 9.80 Å². The van der Waals surface area contributed by atoms with Gasteiger partial charge < -0.3 is 19.8 Å². The number of aromatic hydroxyl groups is 1. The molecule has 2 aromatic carbocycles. The summed E-state index contributed by atoms with van der Waals surface area (Å²) in [6.45, 7) is 6.19. The second-order valence-electron chi connectivity index (χ2n) is 8.26. The maximum Gasteiger partial charge on any atom is 0.295 e. The van der Waals surface area contributed by atoms with Gasteiger partial charge in [0, 0.05) is 31.7 Å². The summed E-state index contributed by atoms with van der Waals surface area (Å²) in [6, 6.07) is 12.9. The predicted octanol–water partition coefficient (Wildman–Crippen LogP) is 2.84. The number of hydrogen-bond donors (Lipinski definition) is 2. The Hall–Kier alpha value is -3.16. The molecular weight excluding hydrogens is 408 g/mol. The summed E-state index contributed by atoms with van der Waals surface area (Å²) in [4.78, 5) is 29.8. The van der Waals surface area contributed by atoms with E-state index in [-0.39, 0.29) is 17.1 Å². The molecule has 2 N–H and O–H groups in total. The SMILES string of the molecule is Cc1ccc(C(O)=C2C(=O)C(=O)N(CCCN3CCOCC3)[C@@H]2c2cccc(O)c2)cc1. The van der Waals surface area contributed by atoms with Gasteiger partial charge in [-0.05, 0) is 31.0 Å². The molecule has 0 aliphatic carbocycles. The molecule has 32 heavy (non-hydrogen) atoms. The van der Waals surface area contributed by atoms with Crippen LogP contribution in [0.2, 0.25) is 0 Å². The van der Waals surface area contributed by atoms with Crippen molar-refractivity contribution in [3.63, 3.8) is 0 Å². The van der Waals surface area contributed by atoms with Gasteiger partial charge in [-0.3, -0.25) is 14.5 Å². The van der Waals surface area contributed by atoms with Gasteiger partial charge in [0.2, 0.25) is 0 Å². The molecule has 2 saturated heterocycles. The Morgan fingerprint density at radius 3 is 2.47 bits per heavy atom. The van der Waals surface area contributed by atoms with Gasteiger partial charge in [-0.2, -0.15) is 0 Å². The standard InChI is InChI=1S/C25H28N2O5/c1-17-6-8-18(9-7-17)23(29)21-22(19-4-2-5-20(28)16-19)27(25(31)24(21)30)11-3-10-26-12-14-32-15-13-26/h2,4-9,16,22,28-29H,3,10-15H2,1H3/t22-/m1/s1. The number of phenolic OH excluding ortho intramolecular Hbond substituents is 1. The van der Waals surface area contributed by atoms with E-state index in [0.29, 0.717) is 37.3 Å². The first kappa shape index (κ1) is 22.0. The fourth-order valence-corrected chi connectivity index (χ4v) is 4.31. The van der Waals surface area contributed by atoms with E-state index in [0.717, 1.165) is 25.2 Å². The van der Waals surface area contributed by atoms with Gasteiger partial charge in [0.1, 0.15) is 11.5 Å². The second kappa shape index (κ2) is 9.54. The average Bonchev–Trinajstić information content (AvgIpc) is 3.05. The summed E-state index contributed by atoms with van der Waals surface area (Å²) >= 11 is 0. The Morgan fingerprint density at radius 2 is 1.78 bits per heavy atom. The molecule has 0 saturated carbocycles. The molecule has 1 atom stereocenters. The van der Waals surface area contributed by atoms with Crippen LogP contribution in [0.5, 0.6) is 5.75 Å². The molecule has 1 amide bonds. The monoisotopic (exact) mass is 436 g/mol. The van der Waals surface area contributed by atoms with E-state index in [1.54, 1.807) is 24.3 Å². The van der Waals surface area contributed by atoms with Crippen LogP contribution in [0, 0.1) is 6.92 Å². The number of aliphatic hydroxyl groups excluding tert-OH is 1. The number of aryl methyl sites for hydroxylation is 1. The van der Waals surface area contributed by atoms with Gasteiger partial charge in [-0.25, -0.2) is 0 Å². The molecule has 2 aliphatic rings. The predicted molar refractivity (Wildman–Crippen MR) is 120 cm³/mol. The Kier molecular flexibility index (Phi) is 6.58. The number of ether oxygens (including phenoxy) is 1. The maximum absolute atomic E-state index is 13.0. The quantitative estimate of drug-likeness (QED) is 0.411. The molecule has 0 aromatic heterocycles. The maximum atomic E-state index is 13.0. The van der Waals surface area contributed by atoms with Crippen molar-refractivity contribution in [2.75, 3.05) is 39.4 Å². The fraction of sp³-hybridized carbons (Fsp3) is 0.360. The Labute approximate surface area is 187 Å². The Bertz CT molecular complexity index is 1020. The molecule has 0 spiro atoms. The summed E-state index contributed by atoms with van der Waals surface area (Å²) in [5.74, 6) is -1.50. The highest BCUT2D eigenvalue weighted by Gasteiger charge is 2.45. The van der Waals surface area contributed by atoms with Gasteiger partial charge in [0.05, 0.1) is 24.8 Å². The highest BCUT2D eigenvalue weighted by molar-refractivity contribution is 6.46. The number of rotatable bonds is 6. The molecule has 4 rings (SSSR count). The lowest BCUT2D eigenvalue weighted by Crippen LogP contribution is -2.38. The molecule has 2 aliphatic heterocycles. The Morgan fingerprint density at radius 1 is 1.06 bits per heavy atom. The second-order valence-corrected chi connectivity index (χ2v) is 8.26. The normalized spacial score (nSPS) is 21.3. The highest BCUT2D eigenvalue weighted by atomic mass is 16.5. The van der Waals surface area contributed by atoms with Crippen molar-refractivity contribution in [3.8, 4) is 5.75 Å². The third-order valence-electron chi connectivity index (χ3n) is 6.03. The van der Waals surface area contributed by atoms with E-state index < -0.39 is 17.7 Å². The summed E-state index contributed by atoms with van der Waals surface area (Å²) in [7, 11) is 0. The van der Waals surface area contributed by atoms with Crippen LogP contribution in [-0.4, -0.2) is 71.1 Å². The third kappa shape index (κ3) is 4.54. The first-order chi connectivity index (χ1) is 15.5. The number of carbonyl (C=O) groups excluding carboxylic acids is 2. The van der Waals surface area contributed by atoms with E-state index in [1.807, 2.05) is 19.1 Å². The van der Waals surface area contributed by atoms with E-state index in [1.165, 1.54) is 17.0 Å². The van der Waals surface area contributed by atoms with Crippen molar-refractivity contribution in [2.24, 2.45) is 0 Å². The van der Waals surface area contributed by atoms with E-state index in [4.69, 9.17) is 4.74 Å². The van der Waals surface area contributed by atoms with Gasteiger partial charge in [0.25, 0.3) is 11.7 Å². The Balaban J connectivity index is 1.67. The molecule has 2 aromatic rings. The summed E-state index contributed by atoms with van der Waals surface area (Å²) in [5.41, 5.74) is 2.14. The molecule has 0 bridgehead atoms. The number of aliphatic hydroxyl groups is 1. The van der Waals surface area contributed by atoms with Crippen LogP contribution < -0.4 is 0 Å². The number of likely N-dealkylation sites (tertiary alicyclic amines) is 1.